The maximum atomic E-state index is 11.4. The van der Waals surface area contributed by atoms with E-state index in [0.29, 0.717) is 6.54 Å². The van der Waals surface area contributed by atoms with Crippen molar-refractivity contribution < 1.29 is 13.5 Å². The van der Waals surface area contributed by atoms with Crippen LogP contribution in [0.1, 0.15) is 30.9 Å². The lowest BCUT2D eigenvalue weighted by Gasteiger charge is -2.12. The lowest BCUT2D eigenvalue weighted by Crippen LogP contribution is -2.22. The zero-order valence-electron chi connectivity index (χ0n) is 12.7. The Labute approximate surface area is 132 Å². The van der Waals surface area contributed by atoms with Crippen LogP contribution in [-0.4, -0.2) is 44.9 Å². The summed E-state index contributed by atoms with van der Waals surface area (Å²) >= 11 is 1.87. The highest BCUT2D eigenvalue weighted by molar-refractivity contribution is 7.98. The highest BCUT2D eigenvalue weighted by atomic mass is 32.2. The molecule has 0 aliphatic carbocycles. The van der Waals surface area contributed by atoms with Gasteiger partial charge in [0, 0.05) is 12.8 Å². The number of aliphatic hydroxyl groups excluding tert-OH is 1. The number of rotatable bonds is 10. The van der Waals surface area contributed by atoms with Gasteiger partial charge in [-0.25, -0.2) is 8.42 Å². The minimum Gasteiger partial charge on any atom is -0.387 e. The van der Waals surface area contributed by atoms with Gasteiger partial charge in [0.25, 0.3) is 0 Å². The number of thioether (sulfide) groups is 1. The SMILES string of the molecule is CSCCCCCNCC(O)c1ccc(S(C)(=O)=O)cc1. The van der Waals surface area contributed by atoms with Crippen molar-refractivity contribution in [2.24, 2.45) is 0 Å². The molecule has 0 saturated heterocycles. The summed E-state index contributed by atoms with van der Waals surface area (Å²) in [5.74, 6) is 1.20. The second-order valence-electron chi connectivity index (χ2n) is 5.11. The molecule has 21 heavy (non-hydrogen) atoms. The first-order chi connectivity index (χ1) is 9.95. The van der Waals surface area contributed by atoms with E-state index in [-0.39, 0.29) is 4.90 Å². The lowest BCUT2D eigenvalue weighted by atomic mass is 10.1. The number of hydrogen-bond acceptors (Lipinski definition) is 5. The molecule has 0 spiro atoms. The Hall–Kier alpha value is -0.560. The van der Waals surface area contributed by atoms with Crippen molar-refractivity contribution in [2.75, 3.05) is 31.4 Å². The van der Waals surface area contributed by atoms with E-state index in [4.69, 9.17) is 0 Å². The molecule has 1 aromatic rings. The highest BCUT2D eigenvalue weighted by Gasteiger charge is 2.10. The second kappa shape index (κ2) is 9.46. The number of nitrogens with one attached hydrogen (secondary N) is 1. The van der Waals surface area contributed by atoms with Crippen LogP contribution < -0.4 is 5.32 Å². The number of benzene rings is 1. The Kier molecular flexibility index (Phi) is 8.33. The van der Waals surface area contributed by atoms with E-state index >= 15 is 0 Å². The summed E-state index contributed by atoms with van der Waals surface area (Å²) in [5, 5.41) is 13.3. The van der Waals surface area contributed by atoms with Crippen LogP contribution in [0.4, 0.5) is 0 Å². The fourth-order valence-corrected chi connectivity index (χ4v) is 3.09. The Balaban J connectivity index is 2.31. The first kappa shape index (κ1) is 18.5. The molecule has 0 radical (unpaired) electrons. The van der Waals surface area contributed by atoms with Gasteiger partial charge in [-0.1, -0.05) is 18.6 Å². The standard InChI is InChI=1S/C15H25NO3S2/c1-20-11-5-3-4-10-16-12-15(17)13-6-8-14(9-7-13)21(2,18)19/h6-9,15-17H,3-5,10-12H2,1-2H3. The monoisotopic (exact) mass is 331 g/mol. The fraction of sp³-hybridized carbons (Fsp3) is 0.600. The molecule has 0 aliphatic rings. The van der Waals surface area contributed by atoms with Gasteiger partial charge in [-0.2, -0.15) is 11.8 Å². The smallest absolute Gasteiger partial charge is 0.175 e. The van der Waals surface area contributed by atoms with Gasteiger partial charge < -0.3 is 10.4 Å². The number of unbranched alkanes of at least 4 members (excludes halogenated alkanes) is 2. The van der Waals surface area contributed by atoms with Crippen LogP contribution in [0.2, 0.25) is 0 Å². The lowest BCUT2D eigenvalue weighted by molar-refractivity contribution is 0.174. The molecule has 2 N–H and O–H groups in total. The summed E-state index contributed by atoms with van der Waals surface area (Å²) < 4.78 is 22.7. The number of aliphatic hydroxyl groups is 1. The van der Waals surface area contributed by atoms with Crippen LogP contribution in [0.15, 0.2) is 29.2 Å². The summed E-state index contributed by atoms with van der Waals surface area (Å²) in [4.78, 5) is 0.278. The molecule has 0 heterocycles. The van der Waals surface area contributed by atoms with Crippen molar-refractivity contribution in [3.05, 3.63) is 29.8 Å². The molecule has 6 heteroatoms. The summed E-state index contributed by atoms with van der Waals surface area (Å²) in [6.45, 7) is 1.38. The third-order valence-electron chi connectivity index (χ3n) is 3.23. The van der Waals surface area contributed by atoms with Crippen molar-refractivity contribution in [1.29, 1.82) is 0 Å². The Morgan fingerprint density at radius 2 is 1.86 bits per heavy atom. The van der Waals surface area contributed by atoms with Crippen LogP contribution in [0, 0.1) is 0 Å². The molecule has 0 fully saturated rings. The highest BCUT2D eigenvalue weighted by Crippen LogP contribution is 2.16. The van der Waals surface area contributed by atoms with E-state index in [2.05, 4.69) is 11.6 Å². The largest absolute Gasteiger partial charge is 0.387 e. The molecule has 1 atom stereocenters. The molecule has 4 nitrogen and oxygen atoms in total. The average Bonchev–Trinajstić information content (AvgIpc) is 2.45. The van der Waals surface area contributed by atoms with Gasteiger partial charge in [0.2, 0.25) is 0 Å². The molecule has 0 saturated carbocycles. The summed E-state index contributed by atoms with van der Waals surface area (Å²) in [6.07, 6.45) is 6.23. The average molecular weight is 332 g/mol. The number of sulfone groups is 1. The van der Waals surface area contributed by atoms with E-state index in [1.54, 1.807) is 12.1 Å². The van der Waals surface area contributed by atoms with Crippen molar-refractivity contribution >= 4 is 21.6 Å². The van der Waals surface area contributed by atoms with Crippen molar-refractivity contribution in [3.8, 4) is 0 Å². The maximum absolute atomic E-state index is 11.4. The predicted molar refractivity (Wildman–Crippen MR) is 89.6 cm³/mol. The summed E-state index contributed by atoms with van der Waals surface area (Å²) in [7, 11) is -3.18. The number of hydrogen-bond donors (Lipinski definition) is 2. The Bertz CT molecular complexity index is 500. The van der Waals surface area contributed by atoms with E-state index in [9.17, 15) is 13.5 Å². The van der Waals surface area contributed by atoms with Gasteiger partial charge in [-0.3, -0.25) is 0 Å². The van der Waals surface area contributed by atoms with Gasteiger partial charge in [-0.15, -0.1) is 0 Å². The molecular formula is C15H25NO3S2. The molecule has 120 valence electrons. The van der Waals surface area contributed by atoms with Crippen LogP contribution >= 0.6 is 11.8 Å². The Morgan fingerprint density at radius 3 is 2.43 bits per heavy atom. The van der Waals surface area contributed by atoms with E-state index < -0.39 is 15.9 Å². The zero-order chi connectivity index (χ0) is 15.7. The van der Waals surface area contributed by atoms with Gasteiger partial charge >= 0.3 is 0 Å². The van der Waals surface area contributed by atoms with Gasteiger partial charge in [0.15, 0.2) is 9.84 Å². The first-order valence-electron chi connectivity index (χ1n) is 7.13. The minimum atomic E-state index is -3.18. The molecule has 1 rings (SSSR count). The van der Waals surface area contributed by atoms with Crippen LogP contribution in [-0.2, 0) is 9.84 Å². The van der Waals surface area contributed by atoms with Crippen LogP contribution in [0.5, 0.6) is 0 Å². The predicted octanol–water partition coefficient (Wildman–Crippen LogP) is 2.25. The fourth-order valence-electron chi connectivity index (χ4n) is 1.97. The van der Waals surface area contributed by atoms with Crippen molar-refractivity contribution in [2.45, 2.75) is 30.3 Å². The van der Waals surface area contributed by atoms with Crippen LogP contribution in [0.25, 0.3) is 0 Å². The second-order valence-corrected chi connectivity index (χ2v) is 8.12. The van der Waals surface area contributed by atoms with Crippen molar-refractivity contribution in [3.63, 3.8) is 0 Å². The summed E-state index contributed by atoms with van der Waals surface area (Å²) in [5.41, 5.74) is 0.734. The zero-order valence-corrected chi connectivity index (χ0v) is 14.3. The molecular weight excluding hydrogens is 306 g/mol. The van der Waals surface area contributed by atoms with Gasteiger partial charge in [0.1, 0.15) is 0 Å². The first-order valence-corrected chi connectivity index (χ1v) is 10.4. The van der Waals surface area contributed by atoms with E-state index in [1.807, 2.05) is 11.8 Å². The quantitative estimate of drug-likeness (QED) is 0.644. The normalized spacial score (nSPS) is 13.3. The van der Waals surface area contributed by atoms with Gasteiger partial charge in [0.05, 0.1) is 11.0 Å². The summed E-state index contributed by atoms with van der Waals surface area (Å²) in [6, 6.07) is 6.41. The molecule has 0 aliphatic heterocycles. The van der Waals surface area contributed by atoms with E-state index in [1.165, 1.54) is 37.0 Å². The third kappa shape index (κ3) is 7.31. The Morgan fingerprint density at radius 1 is 1.19 bits per heavy atom. The molecule has 1 unspecified atom stereocenters. The minimum absolute atomic E-state index is 0.278. The third-order valence-corrected chi connectivity index (χ3v) is 5.06. The molecule has 0 amide bonds. The molecule has 0 aromatic heterocycles. The topological polar surface area (TPSA) is 66.4 Å². The molecule has 0 bridgehead atoms. The molecule has 1 aromatic carbocycles. The maximum Gasteiger partial charge on any atom is 0.175 e. The van der Waals surface area contributed by atoms with E-state index in [0.717, 1.165) is 18.5 Å². The van der Waals surface area contributed by atoms with Gasteiger partial charge in [-0.05, 0) is 49.1 Å². The van der Waals surface area contributed by atoms with Crippen LogP contribution in [0.3, 0.4) is 0 Å². The van der Waals surface area contributed by atoms with Crippen molar-refractivity contribution in [1.82, 2.24) is 5.32 Å².